The smallest absolute Gasteiger partial charge is 0.410 e. The van der Waals surface area contributed by atoms with Crippen molar-refractivity contribution in [2.24, 2.45) is 23.7 Å². The molecule has 0 unspecified atom stereocenters. The molecular formula is C54H75N5O10. The van der Waals surface area contributed by atoms with Crippen LogP contribution in [0.2, 0.25) is 0 Å². The van der Waals surface area contributed by atoms with Crippen LogP contribution in [-0.4, -0.2) is 139 Å². The lowest BCUT2D eigenvalue weighted by Crippen LogP contribution is -2.60. The Bertz CT molecular complexity index is 2190. The van der Waals surface area contributed by atoms with Gasteiger partial charge in [-0.25, -0.2) is 9.59 Å². The zero-order chi connectivity index (χ0) is 50.7. The number of hydrogen-bond donors (Lipinski definition) is 3. The third-order valence-electron chi connectivity index (χ3n) is 14.3. The average Bonchev–Trinajstić information content (AvgIpc) is 3.95. The van der Waals surface area contributed by atoms with E-state index < -0.39 is 72.2 Å². The summed E-state index contributed by atoms with van der Waals surface area (Å²) in [4.78, 5) is 87.6. The van der Waals surface area contributed by atoms with Crippen molar-refractivity contribution in [3.05, 3.63) is 95.6 Å². The Morgan fingerprint density at radius 3 is 1.90 bits per heavy atom. The molecule has 1 aliphatic carbocycles. The predicted molar refractivity (Wildman–Crippen MR) is 264 cm³/mol. The van der Waals surface area contributed by atoms with Crippen molar-refractivity contribution in [2.45, 2.75) is 129 Å². The van der Waals surface area contributed by atoms with Gasteiger partial charge in [0.2, 0.25) is 23.6 Å². The Kier molecular flexibility index (Phi) is 19.3. The van der Waals surface area contributed by atoms with Gasteiger partial charge >= 0.3 is 12.1 Å². The van der Waals surface area contributed by atoms with E-state index in [0.717, 1.165) is 27.8 Å². The van der Waals surface area contributed by atoms with Crippen LogP contribution in [0.1, 0.15) is 96.8 Å². The molecular weight excluding hydrogens is 879 g/mol. The number of likely N-dealkylation sites (N-methyl/N-ethyl adjacent to an activating group) is 2. The van der Waals surface area contributed by atoms with Gasteiger partial charge in [-0.15, -0.1) is 0 Å². The first-order valence-corrected chi connectivity index (χ1v) is 24.4. The quantitative estimate of drug-likeness (QED) is 0.0918. The molecule has 0 saturated carbocycles. The Morgan fingerprint density at radius 1 is 0.768 bits per heavy atom. The van der Waals surface area contributed by atoms with Gasteiger partial charge in [0, 0.05) is 47.2 Å². The number of methoxy groups -OCH3 is 2. The number of nitrogens with zero attached hydrogens (tertiary/aromatic N) is 3. The highest BCUT2D eigenvalue weighted by Gasteiger charge is 2.44. The van der Waals surface area contributed by atoms with Gasteiger partial charge < -0.3 is 39.8 Å². The molecule has 0 bridgehead atoms. The lowest BCUT2D eigenvalue weighted by molar-refractivity contribution is -0.148. The van der Waals surface area contributed by atoms with Crippen molar-refractivity contribution in [2.75, 3.05) is 41.5 Å². The number of carboxylic acid groups (broad SMARTS) is 1. The van der Waals surface area contributed by atoms with E-state index >= 15 is 0 Å². The summed E-state index contributed by atoms with van der Waals surface area (Å²) >= 11 is 0. The van der Waals surface area contributed by atoms with Gasteiger partial charge in [0.25, 0.3) is 0 Å². The lowest BCUT2D eigenvalue weighted by Gasteiger charge is -2.41. The zero-order valence-electron chi connectivity index (χ0n) is 42.3. The number of benzene rings is 3. The number of carbonyl (C=O) groups is 6. The maximum absolute atomic E-state index is 14.7. The van der Waals surface area contributed by atoms with Gasteiger partial charge in [-0.05, 0) is 58.4 Å². The predicted octanol–water partition coefficient (Wildman–Crippen LogP) is 6.77. The van der Waals surface area contributed by atoms with E-state index in [4.69, 9.17) is 14.2 Å². The van der Waals surface area contributed by atoms with Crippen LogP contribution in [0.3, 0.4) is 0 Å². The average molecular weight is 954 g/mol. The number of rotatable bonds is 23. The van der Waals surface area contributed by atoms with Gasteiger partial charge in [0.05, 0.1) is 36.6 Å². The molecule has 1 aliphatic heterocycles. The second-order valence-corrected chi connectivity index (χ2v) is 19.5. The van der Waals surface area contributed by atoms with E-state index in [1.165, 1.54) is 26.2 Å². The highest BCUT2D eigenvalue weighted by atomic mass is 16.6. The topological polar surface area (TPSA) is 184 Å². The third-order valence-corrected chi connectivity index (χ3v) is 14.3. The van der Waals surface area contributed by atoms with Crippen molar-refractivity contribution in [3.8, 4) is 11.1 Å². The SMILES string of the molecule is CC[C@H](C)[C@@H]([C@@H](CC(=O)N1CCC[C@H]1[C@H](OC)[C@@H](C)C(=O)N[C@@H](Cc1ccccc1)C(=O)O)OC)N(C)C(=O)[C@@H](NC(=O)[C@H](C(C)C)N(C)C(=O)OCC1c2ccccc2-c2ccccc21)C(C)C. The monoisotopic (exact) mass is 954 g/mol. The van der Waals surface area contributed by atoms with E-state index in [1.807, 2.05) is 96.1 Å². The first-order valence-electron chi connectivity index (χ1n) is 24.4. The summed E-state index contributed by atoms with van der Waals surface area (Å²) < 4.78 is 17.9. The summed E-state index contributed by atoms with van der Waals surface area (Å²) in [7, 11) is 6.21. The molecule has 0 aromatic heterocycles. The van der Waals surface area contributed by atoms with Gasteiger partial charge in [-0.2, -0.15) is 0 Å². The number of aliphatic carboxylic acids is 1. The lowest BCUT2D eigenvalue weighted by atomic mass is 9.89. The molecule has 2 aliphatic rings. The molecule has 1 fully saturated rings. The molecule has 3 N–H and O–H groups in total. The van der Waals surface area contributed by atoms with Crippen molar-refractivity contribution >= 4 is 35.7 Å². The Balaban J connectivity index is 1.26. The van der Waals surface area contributed by atoms with Crippen LogP contribution in [0.5, 0.6) is 0 Å². The molecule has 5 amide bonds. The molecule has 0 spiro atoms. The minimum atomic E-state index is -1.16. The summed E-state index contributed by atoms with van der Waals surface area (Å²) in [5.41, 5.74) is 5.13. The van der Waals surface area contributed by atoms with Crippen molar-refractivity contribution in [1.82, 2.24) is 25.3 Å². The van der Waals surface area contributed by atoms with Gasteiger partial charge in [-0.1, -0.05) is 134 Å². The number of ether oxygens (including phenoxy) is 3. The number of hydrogen-bond acceptors (Lipinski definition) is 9. The Labute approximate surface area is 408 Å². The number of fused-ring (bicyclic) bond motifs is 3. The summed E-state index contributed by atoms with van der Waals surface area (Å²) in [6, 6.07) is 21.1. The molecule has 3 aromatic carbocycles. The standard InChI is InChI=1S/C54H75N5O10/c1-12-34(6)48(44(67-10)30-45(60)59-28-20-27-43(59)49(68-11)35(7)50(61)55-42(53(64)65)29-36-21-14-13-15-22-36)57(8)52(63)46(32(2)3)56-51(62)47(33(4)5)58(9)54(66)69-31-41-39-25-18-16-23-37(39)38-24-17-19-26-40(38)41/h13-19,21-26,32-35,41-44,46-49H,12,20,27-31H2,1-11H3,(H,55,61)(H,56,62)(H,64,65)/t34-,35+,42-,43-,44+,46-,47-,48-,49+/m0/s1. The summed E-state index contributed by atoms with van der Waals surface area (Å²) in [5.74, 6) is -4.51. The van der Waals surface area contributed by atoms with Crippen LogP contribution in [-0.2, 0) is 44.6 Å². The van der Waals surface area contributed by atoms with Crippen LogP contribution in [0, 0.1) is 23.7 Å². The van der Waals surface area contributed by atoms with Gasteiger partial charge in [0.15, 0.2) is 0 Å². The molecule has 9 atom stereocenters. The van der Waals surface area contributed by atoms with Crippen LogP contribution < -0.4 is 10.6 Å². The van der Waals surface area contributed by atoms with Gasteiger partial charge in [-0.3, -0.25) is 24.1 Å². The number of nitrogens with one attached hydrogen (secondary N) is 2. The van der Waals surface area contributed by atoms with Crippen molar-refractivity contribution < 1.29 is 48.1 Å². The largest absolute Gasteiger partial charge is 0.480 e. The molecule has 5 rings (SSSR count). The maximum atomic E-state index is 14.7. The van der Waals surface area contributed by atoms with Crippen LogP contribution in [0.15, 0.2) is 78.9 Å². The first-order chi connectivity index (χ1) is 32.9. The second kappa shape index (κ2) is 24.7. The van der Waals surface area contributed by atoms with Crippen LogP contribution in [0.4, 0.5) is 4.79 Å². The molecule has 3 aromatic rings. The van der Waals surface area contributed by atoms with E-state index in [0.29, 0.717) is 25.8 Å². The second-order valence-electron chi connectivity index (χ2n) is 19.5. The zero-order valence-corrected chi connectivity index (χ0v) is 42.3. The molecule has 1 heterocycles. The summed E-state index contributed by atoms with van der Waals surface area (Å²) in [6.45, 7) is 13.6. The van der Waals surface area contributed by atoms with Gasteiger partial charge in [0.1, 0.15) is 24.7 Å². The fourth-order valence-corrected chi connectivity index (χ4v) is 10.4. The third kappa shape index (κ3) is 12.7. The fourth-order valence-electron chi connectivity index (χ4n) is 10.4. The van der Waals surface area contributed by atoms with Crippen molar-refractivity contribution in [3.63, 3.8) is 0 Å². The Hall–Kier alpha value is -5.80. The molecule has 15 nitrogen and oxygen atoms in total. The van der Waals surface area contributed by atoms with Crippen molar-refractivity contribution in [1.29, 1.82) is 0 Å². The molecule has 69 heavy (non-hydrogen) atoms. The van der Waals surface area contributed by atoms with Crippen LogP contribution >= 0.6 is 0 Å². The fraction of sp³-hybridized carbons (Fsp3) is 0.556. The summed E-state index contributed by atoms with van der Waals surface area (Å²) in [6.07, 6.45) is -0.197. The molecule has 0 radical (unpaired) electrons. The van der Waals surface area contributed by atoms with E-state index in [-0.39, 0.29) is 54.9 Å². The highest BCUT2D eigenvalue weighted by Crippen LogP contribution is 2.44. The Morgan fingerprint density at radius 2 is 1.36 bits per heavy atom. The minimum Gasteiger partial charge on any atom is -0.480 e. The van der Waals surface area contributed by atoms with E-state index in [2.05, 4.69) is 22.8 Å². The number of carbonyl (C=O) groups excluding carboxylic acids is 5. The number of amides is 5. The van der Waals surface area contributed by atoms with E-state index in [9.17, 15) is 33.9 Å². The minimum absolute atomic E-state index is 0.0755. The normalized spacial score (nSPS) is 17.9. The van der Waals surface area contributed by atoms with E-state index in [1.54, 1.807) is 35.9 Å². The maximum Gasteiger partial charge on any atom is 0.410 e. The summed E-state index contributed by atoms with van der Waals surface area (Å²) in [5, 5.41) is 15.6. The molecule has 376 valence electrons. The number of likely N-dealkylation sites (tertiary alicyclic amines) is 1. The first kappa shape index (κ1) is 54.1. The van der Waals surface area contributed by atoms with Crippen LogP contribution in [0.25, 0.3) is 11.1 Å². The number of carboxylic acids is 1. The molecule has 15 heteroatoms. The highest BCUT2D eigenvalue weighted by molar-refractivity contribution is 5.92. The molecule has 1 saturated heterocycles.